The number of halogens is 2. The highest BCUT2D eigenvalue weighted by molar-refractivity contribution is 9.10. The van der Waals surface area contributed by atoms with Gasteiger partial charge in [-0.15, -0.1) is 0 Å². The number of carbonyl (C=O) groups excluding carboxylic acids is 1. The van der Waals surface area contributed by atoms with Gasteiger partial charge in [-0.25, -0.2) is 8.42 Å². The Labute approximate surface area is 154 Å². The van der Waals surface area contributed by atoms with Gasteiger partial charge in [-0.2, -0.15) is 4.31 Å². The summed E-state index contributed by atoms with van der Waals surface area (Å²) >= 11 is 9.39. The molecule has 0 spiro atoms. The van der Waals surface area contributed by atoms with Gasteiger partial charge in [0.15, 0.2) is 0 Å². The highest BCUT2D eigenvalue weighted by atomic mass is 79.9. The highest BCUT2D eigenvalue weighted by Gasteiger charge is 2.42. The van der Waals surface area contributed by atoms with Crippen LogP contribution in [0.15, 0.2) is 27.6 Å². The number of rotatable bonds is 3. The van der Waals surface area contributed by atoms with E-state index in [4.69, 9.17) is 16.3 Å². The molecule has 2 aliphatic rings. The second-order valence-corrected chi connectivity index (χ2v) is 8.97. The molecule has 0 aromatic heterocycles. The van der Waals surface area contributed by atoms with Crippen LogP contribution in [-0.4, -0.2) is 62.4 Å². The lowest BCUT2D eigenvalue weighted by Crippen LogP contribution is -2.51. The largest absolute Gasteiger partial charge is 0.378 e. The van der Waals surface area contributed by atoms with Gasteiger partial charge in [-0.1, -0.05) is 27.5 Å². The molecule has 0 saturated carbocycles. The van der Waals surface area contributed by atoms with Crippen molar-refractivity contribution in [1.29, 1.82) is 0 Å². The molecule has 24 heavy (non-hydrogen) atoms. The van der Waals surface area contributed by atoms with Crippen molar-refractivity contribution in [1.82, 2.24) is 9.21 Å². The number of hydrogen-bond acceptors (Lipinski definition) is 4. The predicted molar refractivity (Wildman–Crippen MR) is 93.5 cm³/mol. The number of hydrogen-bond donors (Lipinski definition) is 0. The SMILES string of the molecule is O=C([C@@H]1CCCN1S(=O)(=O)c1ccc(Br)cc1Cl)N1CCOCC1. The maximum atomic E-state index is 13.0. The summed E-state index contributed by atoms with van der Waals surface area (Å²) in [5.41, 5.74) is 0. The number of ether oxygens (including phenoxy) is 1. The summed E-state index contributed by atoms with van der Waals surface area (Å²) in [5.74, 6) is -0.146. The fraction of sp³-hybridized carbons (Fsp3) is 0.533. The van der Waals surface area contributed by atoms with Gasteiger partial charge in [-0.05, 0) is 31.0 Å². The monoisotopic (exact) mass is 436 g/mol. The van der Waals surface area contributed by atoms with Crippen molar-refractivity contribution in [2.24, 2.45) is 0 Å². The average Bonchev–Trinajstić information content (AvgIpc) is 3.05. The van der Waals surface area contributed by atoms with Crippen LogP contribution in [0.1, 0.15) is 12.8 Å². The van der Waals surface area contributed by atoms with Gasteiger partial charge >= 0.3 is 0 Å². The van der Waals surface area contributed by atoms with Crippen LogP contribution in [0.4, 0.5) is 0 Å². The van der Waals surface area contributed by atoms with E-state index in [1.165, 1.54) is 10.4 Å². The summed E-state index contributed by atoms with van der Waals surface area (Å²) in [4.78, 5) is 14.5. The number of nitrogens with zero attached hydrogens (tertiary/aromatic N) is 2. The lowest BCUT2D eigenvalue weighted by molar-refractivity contribution is -0.138. The first-order valence-corrected chi connectivity index (χ1v) is 10.4. The minimum atomic E-state index is -3.82. The summed E-state index contributed by atoms with van der Waals surface area (Å²) in [7, 11) is -3.82. The Morgan fingerprint density at radius 3 is 2.62 bits per heavy atom. The number of carbonyl (C=O) groups is 1. The topological polar surface area (TPSA) is 66.9 Å². The molecular formula is C15H18BrClN2O4S. The molecule has 2 heterocycles. The maximum Gasteiger partial charge on any atom is 0.245 e. The average molecular weight is 438 g/mol. The van der Waals surface area contributed by atoms with Crippen molar-refractivity contribution >= 4 is 43.5 Å². The number of sulfonamides is 1. The Kier molecular flexibility index (Phi) is 5.51. The number of amides is 1. The molecule has 2 fully saturated rings. The third-order valence-electron chi connectivity index (χ3n) is 4.29. The molecule has 0 bridgehead atoms. The van der Waals surface area contributed by atoms with Crippen LogP contribution in [0.25, 0.3) is 0 Å². The summed E-state index contributed by atoms with van der Waals surface area (Å²) in [5, 5.41) is 0.147. The Balaban J connectivity index is 1.87. The van der Waals surface area contributed by atoms with Crippen LogP contribution < -0.4 is 0 Å². The minimum absolute atomic E-state index is 0.0362. The zero-order valence-electron chi connectivity index (χ0n) is 13.0. The Morgan fingerprint density at radius 2 is 1.96 bits per heavy atom. The molecular weight excluding hydrogens is 420 g/mol. The molecule has 0 N–H and O–H groups in total. The van der Waals surface area contributed by atoms with E-state index in [2.05, 4.69) is 15.9 Å². The standard InChI is InChI=1S/C15H18BrClN2O4S/c16-11-3-4-14(12(17)10-11)24(21,22)19-5-1-2-13(19)15(20)18-6-8-23-9-7-18/h3-4,10,13H,1-2,5-9H2/t13-/m0/s1. The molecule has 1 aromatic rings. The van der Waals surface area contributed by atoms with E-state index < -0.39 is 16.1 Å². The second-order valence-electron chi connectivity index (χ2n) is 5.79. The fourth-order valence-corrected chi connectivity index (χ4v) is 5.74. The first-order valence-electron chi connectivity index (χ1n) is 7.74. The molecule has 1 aromatic carbocycles. The Bertz CT molecular complexity index is 737. The zero-order chi connectivity index (χ0) is 17.3. The smallest absolute Gasteiger partial charge is 0.245 e. The van der Waals surface area contributed by atoms with E-state index in [1.807, 2.05) is 0 Å². The molecule has 1 atom stereocenters. The first-order chi connectivity index (χ1) is 11.4. The van der Waals surface area contributed by atoms with Gasteiger partial charge in [0.2, 0.25) is 15.9 Å². The van der Waals surface area contributed by atoms with Crippen LogP contribution in [0.5, 0.6) is 0 Å². The van der Waals surface area contributed by atoms with Crippen LogP contribution in [-0.2, 0) is 19.6 Å². The Morgan fingerprint density at radius 1 is 1.25 bits per heavy atom. The molecule has 6 nitrogen and oxygen atoms in total. The van der Waals surface area contributed by atoms with Gasteiger partial charge < -0.3 is 9.64 Å². The minimum Gasteiger partial charge on any atom is -0.378 e. The van der Waals surface area contributed by atoms with Crippen molar-refractivity contribution in [3.63, 3.8) is 0 Å². The third-order valence-corrected chi connectivity index (χ3v) is 7.18. The summed E-state index contributed by atoms with van der Waals surface area (Å²) in [6.45, 7) is 2.31. The predicted octanol–water partition coefficient (Wildman–Crippen LogP) is 2.11. The first kappa shape index (κ1) is 18.1. The second kappa shape index (κ2) is 7.29. The molecule has 9 heteroatoms. The number of morpholine rings is 1. The quantitative estimate of drug-likeness (QED) is 0.726. The highest BCUT2D eigenvalue weighted by Crippen LogP contribution is 2.32. The van der Waals surface area contributed by atoms with Gasteiger partial charge in [0.25, 0.3) is 0 Å². The number of benzene rings is 1. The van der Waals surface area contributed by atoms with Crippen LogP contribution in [0.3, 0.4) is 0 Å². The fourth-order valence-electron chi connectivity index (χ4n) is 3.08. The van der Waals surface area contributed by atoms with Gasteiger partial charge in [0, 0.05) is 24.1 Å². The van der Waals surface area contributed by atoms with E-state index in [1.54, 1.807) is 17.0 Å². The Hall–Kier alpha value is -0.670. The van der Waals surface area contributed by atoms with Crippen LogP contribution in [0.2, 0.25) is 5.02 Å². The molecule has 1 amide bonds. The summed E-state index contributed by atoms with van der Waals surface area (Å²) < 4.78 is 33.2. The lowest BCUT2D eigenvalue weighted by Gasteiger charge is -2.32. The third kappa shape index (κ3) is 3.48. The van der Waals surface area contributed by atoms with Crippen molar-refractivity contribution < 1.29 is 17.9 Å². The maximum absolute atomic E-state index is 13.0. The van der Waals surface area contributed by atoms with Crippen molar-refractivity contribution in [2.75, 3.05) is 32.8 Å². The molecule has 132 valence electrons. The molecule has 3 rings (SSSR count). The van der Waals surface area contributed by atoms with Crippen LogP contribution in [0, 0.1) is 0 Å². The van der Waals surface area contributed by atoms with E-state index in [-0.39, 0.29) is 15.8 Å². The molecule has 0 aliphatic carbocycles. The van der Waals surface area contributed by atoms with Crippen molar-refractivity contribution in [3.05, 3.63) is 27.7 Å². The molecule has 0 unspecified atom stereocenters. The van der Waals surface area contributed by atoms with Gasteiger partial charge in [0.05, 0.1) is 18.2 Å². The van der Waals surface area contributed by atoms with E-state index in [0.29, 0.717) is 50.2 Å². The van der Waals surface area contributed by atoms with E-state index >= 15 is 0 Å². The molecule has 2 saturated heterocycles. The van der Waals surface area contributed by atoms with E-state index in [0.717, 1.165) is 0 Å². The normalized spacial score (nSPS) is 22.8. The van der Waals surface area contributed by atoms with Crippen molar-refractivity contribution in [3.8, 4) is 0 Å². The van der Waals surface area contributed by atoms with Gasteiger partial charge in [-0.3, -0.25) is 4.79 Å². The zero-order valence-corrected chi connectivity index (χ0v) is 16.1. The van der Waals surface area contributed by atoms with Crippen molar-refractivity contribution in [2.45, 2.75) is 23.8 Å². The summed E-state index contributed by atoms with van der Waals surface area (Å²) in [6, 6.07) is 3.99. The van der Waals surface area contributed by atoms with Crippen LogP contribution >= 0.6 is 27.5 Å². The molecule has 0 radical (unpaired) electrons. The van der Waals surface area contributed by atoms with E-state index in [9.17, 15) is 13.2 Å². The van der Waals surface area contributed by atoms with Gasteiger partial charge in [0.1, 0.15) is 10.9 Å². The molecule has 2 aliphatic heterocycles. The lowest BCUT2D eigenvalue weighted by atomic mass is 10.2. The summed E-state index contributed by atoms with van der Waals surface area (Å²) in [6.07, 6.45) is 1.19.